The molecule has 0 saturated heterocycles. The summed E-state index contributed by atoms with van der Waals surface area (Å²) in [6, 6.07) is 17.6. The molecule has 0 aliphatic carbocycles. The van der Waals surface area contributed by atoms with Crippen LogP contribution in [-0.2, 0) is 6.54 Å². The second-order valence-corrected chi connectivity index (χ2v) is 7.33. The molecule has 0 atom stereocenters. The highest BCUT2D eigenvalue weighted by molar-refractivity contribution is 9.10. The van der Waals surface area contributed by atoms with Crippen molar-refractivity contribution in [1.82, 2.24) is 4.57 Å². The maximum Gasteiger partial charge on any atom is 0.280 e. The summed E-state index contributed by atoms with van der Waals surface area (Å²) in [6.07, 6.45) is 0. The number of aryl methyl sites for hydroxylation is 1. The monoisotopic (exact) mass is 400 g/mol. The molecule has 0 aliphatic heterocycles. The van der Waals surface area contributed by atoms with Gasteiger partial charge in [0.1, 0.15) is 0 Å². The lowest BCUT2D eigenvalue weighted by atomic mass is 10.1. The number of carbonyl (C=O) groups is 1. The molecule has 0 saturated carbocycles. The number of nitrogens with zero attached hydrogens (tertiary/aromatic N) is 2. The molecule has 24 heavy (non-hydrogen) atoms. The number of halogens is 1. The van der Waals surface area contributed by atoms with Gasteiger partial charge in [-0.3, -0.25) is 4.79 Å². The lowest BCUT2D eigenvalue weighted by Crippen LogP contribution is -2.17. The first-order valence-corrected chi connectivity index (χ1v) is 9.32. The molecule has 3 nitrogen and oxygen atoms in total. The van der Waals surface area contributed by atoms with Gasteiger partial charge >= 0.3 is 0 Å². The molecule has 1 heterocycles. The third-order valence-corrected chi connectivity index (χ3v) is 5.43. The van der Waals surface area contributed by atoms with Gasteiger partial charge < -0.3 is 4.57 Å². The number of hydrogen-bond acceptors (Lipinski definition) is 2. The van der Waals surface area contributed by atoms with Crippen molar-refractivity contribution in [3.05, 3.63) is 74.3 Å². The zero-order valence-corrected chi connectivity index (χ0v) is 15.9. The van der Waals surface area contributed by atoms with Gasteiger partial charge in [-0.05, 0) is 47.5 Å². The molecule has 2 aromatic carbocycles. The Labute approximate surface area is 153 Å². The normalized spacial score (nSPS) is 11.7. The van der Waals surface area contributed by atoms with E-state index >= 15 is 0 Å². The van der Waals surface area contributed by atoms with E-state index in [2.05, 4.69) is 51.5 Å². The number of thiazole rings is 1. The molecule has 5 heteroatoms. The SMILES string of the molecule is CCn1c(-c2ccccc2)c(C)sc1=NC(=O)c1ccccc1Br. The van der Waals surface area contributed by atoms with E-state index in [9.17, 15) is 4.79 Å². The minimum Gasteiger partial charge on any atom is -0.316 e. The highest BCUT2D eigenvalue weighted by atomic mass is 79.9. The highest BCUT2D eigenvalue weighted by Crippen LogP contribution is 2.25. The first kappa shape index (κ1) is 16.9. The van der Waals surface area contributed by atoms with Crippen LogP contribution < -0.4 is 4.80 Å². The summed E-state index contributed by atoms with van der Waals surface area (Å²) in [7, 11) is 0. The summed E-state index contributed by atoms with van der Waals surface area (Å²) in [5.74, 6) is -0.231. The van der Waals surface area contributed by atoms with E-state index in [0.29, 0.717) is 5.56 Å². The highest BCUT2D eigenvalue weighted by Gasteiger charge is 2.13. The average Bonchev–Trinajstić information content (AvgIpc) is 2.91. The second-order valence-electron chi connectivity index (χ2n) is 5.30. The number of benzene rings is 2. The number of rotatable bonds is 3. The molecule has 0 spiro atoms. The van der Waals surface area contributed by atoms with Crippen molar-refractivity contribution in [3.63, 3.8) is 0 Å². The summed E-state index contributed by atoms with van der Waals surface area (Å²) >= 11 is 4.97. The molecule has 0 fully saturated rings. The lowest BCUT2D eigenvalue weighted by Gasteiger charge is -2.07. The Morgan fingerprint density at radius 3 is 2.46 bits per heavy atom. The Morgan fingerprint density at radius 1 is 1.12 bits per heavy atom. The van der Waals surface area contributed by atoms with Crippen LogP contribution in [0.25, 0.3) is 11.3 Å². The van der Waals surface area contributed by atoms with E-state index in [4.69, 9.17) is 0 Å². The second kappa shape index (κ2) is 7.28. The Bertz CT molecular complexity index is 942. The number of carbonyl (C=O) groups excluding carboxylic acids is 1. The summed E-state index contributed by atoms with van der Waals surface area (Å²) < 4.78 is 2.86. The lowest BCUT2D eigenvalue weighted by molar-refractivity contribution is 0.0997. The number of hydrogen-bond donors (Lipinski definition) is 0. The molecule has 0 aliphatic rings. The molecular formula is C19H17BrN2OS. The van der Waals surface area contributed by atoms with E-state index in [1.165, 1.54) is 0 Å². The average molecular weight is 401 g/mol. The largest absolute Gasteiger partial charge is 0.316 e. The molecule has 3 aromatic rings. The van der Waals surface area contributed by atoms with Crippen molar-refractivity contribution in [3.8, 4) is 11.3 Å². The van der Waals surface area contributed by atoms with E-state index in [-0.39, 0.29) is 5.91 Å². The minimum absolute atomic E-state index is 0.231. The third kappa shape index (κ3) is 3.28. The third-order valence-electron chi connectivity index (χ3n) is 3.74. The van der Waals surface area contributed by atoms with Gasteiger partial charge in [-0.1, -0.05) is 42.5 Å². The van der Waals surface area contributed by atoms with Crippen molar-refractivity contribution in [1.29, 1.82) is 0 Å². The fourth-order valence-electron chi connectivity index (χ4n) is 2.64. The molecule has 0 unspecified atom stereocenters. The predicted molar refractivity (Wildman–Crippen MR) is 102 cm³/mol. The van der Waals surface area contributed by atoms with Crippen molar-refractivity contribution in [2.24, 2.45) is 4.99 Å². The fraction of sp³-hybridized carbons (Fsp3) is 0.158. The van der Waals surface area contributed by atoms with Crippen LogP contribution in [0.15, 0.2) is 64.1 Å². The molecule has 0 radical (unpaired) electrons. The molecule has 0 N–H and O–H groups in total. The van der Waals surface area contributed by atoms with Crippen LogP contribution >= 0.6 is 27.3 Å². The minimum atomic E-state index is -0.231. The van der Waals surface area contributed by atoms with E-state index in [0.717, 1.165) is 32.0 Å². The van der Waals surface area contributed by atoms with Crippen LogP contribution in [0, 0.1) is 6.92 Å². The molecule has 0 bridgehead atoms. The number of aromatic nitrogens is 1. The van der Waals surface area contributed by atoms with Gasteiger partial charge in [-0.25, -0.2) is 0 Å². The zero-order chi connectivity index (χ0) is 17.1. The quantitative estimate of drug-likeness (QED) is 0.605. The first-order chi connectivity index (χ1) is 11.6. The molecule has 1 amide bonds. The standard InChI is InChI=1S/C19H17BrN2OS/c1-3-22-17(14-9-5-4-6-10-14)13(2)24-19(22)21-18(23)15-11-7-8-12-16(15)20/h4-12H,3H2,1-2H3. The van der Waals surface area contributed by atoms with Crippen molar-refractivity contribution < 1.29 is 4.79 Å². The molecule has 122 valence electrons. The summed E-state index contributed by atoms with van der Waals surface area (Å²) in [5.41, 5.74) is 2.84. The smallest absolute Gasteiger partial charge is 0.280 e. The van der Waals surface area contributed by atoms with E-state index < -0.39 is 0 Å². The van der Waals surface area contributed by atoms with Gasteiger partial charge in [0.25, 0.3) is 5.91 Å². The van der Waals surface area contributed by atoms with Gasteiger partial charge in [-0.2, -0.15) is 4.99 Å². The summed E-state index contributed by atoms with van der Waals surface area (Å²) in [6.45, 7) is 4.90. The molecule has 1 aromatic heterocycles. The Kier molecular flexibility index (Phi) is 5.11. The maximum atomic E-state index is 12.6. The van der Waals surface area contributed by atoms with Crippen molar-refractivity contribution >= 4 is 33.2 Å². The van der Waals surface area contributed by atoms with Crippen LogP contribution in [0.5, 0.6) is 0 Å². The van der Waals surface area contributed by atoms with Gasteiger partial charge in [-0.15, -0.1) is 11.3 Å². The van der Waals surface area contributed by atoms with Crippen LogP contribution in [-0.4, -0.2) is 10.5 Å². The zero-order valence-electron chi connectivity index (χ0n) is 13.5. The van der Waals surface area contributed by atoms with Crippen LogP contribution in [0.1, 0.15) is 22.2 Å². The molecular weight excluding hydrogens is 384 g/mol. The fourth-order valence-corrected chi connectivity index (χ4v) is 4.15. The van der Waals surface area contributed by atoms with Gasteiger partial charge in [0, 0.05) is 15.9 Å². The summed E-state index contributed by atoms with van der Waals surface area (Å²) in [4.78, 5) is 18.8. The Morgan fingerprint density at radius 2 is 1.79 bits per heavy atom. The Hall–Kier alpha value is -1.98. The van der Waals surface area contributed by atoms with Gasteiger partial charge in [0.15, 0.2) is 4.80 Å². The molecule has 3 rings (SSSR count). The van der Waals surface area contributed by atoms with Crippen molar-refractivity contribution in [2.75, 3.05) is 0 Å². The van der Waals surface area contributed by atoms with Gasteiger partial charge in [0.05, 0.1) is 11.3 Å². The van der Waals surface area contributed by atoms with Crippen molar-refractivity contribution in [2.45, 2.75) is 20.4 Å². The van der Waals surface area contributed by atoms with Gasteiger partial charge in [0.2, 0.25) is 0 Å². The topological polar surface area (TPSA) is 34.4 Å². The van der Waals surface area contributed by atoms with Crippen LogP contribution in [0.3, 0.4) is 0 Å². The first-order valence-electron chi connectivity index (χ1n) is 7.71. The number of amides is 1. The Balaban J connectivity index is 2.13. The predicted octanol–water partition coefficient (Wildman–Crippen LogP) is 5.05. The summed E-state index contributed by atoms with van der Waals surface area (Å²) in [5, 5.41) is 0. The van der Waals surface area contributed by atoms with Crippen LogP contribution in [0.2, 0.25) is 0 Å². The maximum absolute atomic E-state index is 12.6. The van der Waals surface area contributed by atoms with E-state index in [1.54, 1.807) is 17.4 Å². The van der Waals surface area contributed by atoms with Crippen LogP contribution in [0.4, 0.5) is 0 Å². The van der Waals surface area contributed by atoms with E-state index in [1.807, 2.05) is 36.4 Å².